The summed E-state index contributed by atoms with van der Waals surface area (Å²) in [6.07, 6.45) is 1.22. The molecule has 1 heterocycles. The van der Waals surface area contributed by atoms with Crippen molar-refractivity contribution in [2.75, 3.05) is 19.6 Å². The minimum atomic E-state index is 0.509. The molecule has 17 heavy (non-hydrogen) atoms. The van der Waals surface area contributed by atoms with Gasteiger partial charge in [0.15, 0.2) is 0 Å². The lowest BCUT2D eigenvalue weighted by Crippen LogP contribution is -2.57. The Morgan fingerprint density at radius 2 is 2.00 bits per heavy atom. The Bertz CT molecular complexity index is 346. The first-order chi connectivity index (χ1) is 8.22. The smallest absolute Gasteiger partial charge is 0.0351 e. The molecule has 0 aromatic heterocycles. The number of rotatable bonds is 5. The normalized spacial score (nSPS) is 18.1. The molecule has 0 saturated carbocycles. The average Bonchev–Trinajstić information content (AvgIpc) is 2.26. The summed E-state index contributed by atoms with van der Waals surface area (Å²) in [7, 11) is 0. The highest BCUT2D eigenvalue weighted by Gasteiger charge is 2.28. The van der Waals surface area contributed by atoms with Gasteiger partial charge in [-0.3, -0.25) is 4.90 Å². The van der Waals surface area contributed by atoms with Gasteiger partial charge in [0.1, 0.15) is 0 Å². The lowest BCUT2D eigenvalue weighted by atomic mass is 10.0. The Balaban J connectivity index is 2.09. The van der Waals surface area contributed by atoms with E-state index in [0.717, 1.165) is 17.6 Å². The topological polar surface area (TPSA) is 15.3 Å². The van der Waals surface area contributed by atoms with Gasteiger partial charge in [0, 0.05) is 29.6 Å². The Morgan fingerprint density at radius 3 is 2.47 bits per heavy atom. The molecule has 2 nitrogen and oxygen atoms in total. The third kappa shape index (κ3) is 3.09. The summed E-state index contributed by atoms with van der Waals surface area (Å²) in [4.78, 5) is 2.62. The summed E-state index contributed by atoms with van der Waals surface area (Å²) >= 11 is 3.49. The number of nitrogens with zero attached hydrogens (tertiary/aromatic N) is 1. The molecule has 0 spiro atoms. The molecule has 1 aromatic rings. The second-order valence-electron chi connectivity index (χ2n) is 4.78. The maximum absolute atomic E-state index is 3.49. The van der Waals surface area contributed by atoms with Gasteiger partial charge in [-0.1, -0.05) is 35.0 Å². The van der Waals surface area contributed by atoms with Gasteiger partial charge in [0.2, 0.25) is 0 Å². The SMILES string of the molecule is CCCN(C1CNC1)C(C)c1ccc(Br)cc1. The van der Waals surface area contributed by atoms with E-state index < -0.39 is 0 Å². The molecule has 3 heteroatoms. The predicted molar refractivity (Wildman–Crippen MR) is 76.2 cm³/mol. The van der Waals surface area contributed by atoms with Crippen LogP contribution in [-0.4, -0.2) is 30.6 Å². The zero-order valence-electron chi connectivity index (χ0n) is 10.6. The van der Waals surface area contributed by atoms with Gasteiger partial charge in [-0.25, -0.2) is 0 Å². The Hall–Kier alpha value is -0.380. The summed E-state index contributed by atoms with van der Waals surface area (Å²) in [5.74, 6) is 0. The number of nitrogens with one attached hydrogen (secondary N) is 1. The fourth-order valence-corrected chi connectivity index (χ4v) is 2.66. The molecule has 1 atom stereocenters. The monoisotopic (exact) mass is 296 g/mol. The predicted octanol–water partition coefficient (Wildman–Crippen LogP) is 3.19. The standard InChI is InChI=1S/C14H21BrN2/c1-3-8-17(14-9-16-10-14)11(2)12-4-6-13(15)7-5-12/h4-7,11,14,16H,3,8-10H2,1-2H3. The van der Waals surface area contributed by atoms with E-state index in [1.165, 1.54) is 18.5 Å². The third-order valence-electron chi connectivity index (χ3n) is 3.56. The molecule has 1 fully saturated rings. The fourth-order valence-electron chi connectivity index (χ4n) is 2.39. The maximum Gasteiger partial charge on any atom is 0.0351 e. The molecular weight excluding hydrogens is 276 g/mol. The number of hydrogen-bond acceptors (Lipinski definition) is 2. The lowest BCUT2D eigenvalue weighted by molar-refractivity contribution is 0.103. The van der Waals surface area contributed by atoms with Crippen LogP contribution in [0.15, 0.2) is 28.7 Å². The Morgan fingerprint density at radius 1 is 1.35 bits per heavy atom. The first-order valence-corrected chi connectivity index (χ1v) is 7.23. The van der Waals surface area contributed by atoms with E-state index in [2.05, 4.69) is 64.3 Å². The zero-order chi connectivity index (χ0) is 12.3. The summed E-state index contributed by atoms with van der Waals surface area (Å²) in [6.45, 7) is 8.04. The van der Waals surface area contributed by atoms with E-state index in [9.17, 15) is 0 Å². The quantitative estimate of drug-likeness (QED) is 0.898. The number of hydrogen-bond donors (Lipinski definition) is 1. The van der Waals surface area contributed by atoms with Gasteiger partial charge in [-0.2, -0.15) is 0 Å². The summed E-state index contributed by atoms with van der Waals surface area (Å²) < 4.78 is 1.15. The van der Waals surface area contributed by atoms with Crippen molar-refractivity contribution in [1.82, 2.24) is 10.2 Å². The van der Waals surface area contributed by atoms with Crippen LogP contribution in [0.4, 0.5) is 0 Å². The van der Waals surface area contributed by atoms with Gasteiger partial charge in [0.05, 0.1) is 0 Å². The molecule has 1 N–H and O–H groups in total. The Labute approximate surface area is 113 Å². The molecule has 1 saturated heterocycles. The van der Waals surface area contributed by atoms with E-state index >= 15 is 0 Å². The summed E-state index contributed by atoms with van der Waals surface area (Å²) in [6, 6.07) is 9.94. The maximum atomic E-state index is 3.49. The first-order valence-electron chi connectivity index (χ1n) is 6.44. The van der Waals surface area contributed by atoms with Crippen LogP contribution in [0.5, 0.6) is 0 Å². The Kier molecular flexibility index (Phi) is 4.60. The van der Waals surface area contributed by atoms with E-state index in [-0.39, 0.29) is 0 Å². The van der Waals surface area contributed by atoms with Crippen LogP contribution < -0.4 is 5.32 Å². The van der Waals surface area contributed by atoms with E-state index in [0.29, 0.717) is 12.1 Å². The minimum absolute atomic E-state index is 0.509. The average molecular weight is 297 g/mol. The number of benzene rings is 1. The molecule has 0 radical (unpaired) electrons. The molecule has 0 aliphatic carbocycles. The molecule has 0 amide bonds. The van der Waals surface area contributed by atoms with Crippen LogP contribution in [0.3, 0.4) is 0 Å². The van der Waals surface area contributed by atoms with Gasteiger partial charge in [0.25, 0.3) is 0 Å². The molecule has 1 unspecified atom stereocenters. The van der Waals surface area contributed by atoms with Gasteiger partial charge in [-0.15, -0.1) is 0 Å². The highest BCUT2D eigenvalue weighted by Crippen LogP contribution is 2.25. The van der Waals surface area contributed by atoms with Crippen LogP contribution in [-0.2, 0) is 0 Å². The highest BCUT2D eigenvalue weighted by atomic mass is 79.9. The van der Waals surface area contributed by atoms with Gasteiger partial charge < -0.3 is 5.32 Å². The first kappa shape index (κ1) is 13.1. The van der Waals surface area contributed by atoms with Crippen molar-refractivity contribution < 1.29 is 0 Å². The van der Waals surface area contributed by atoms with Crippen molar-refractivity contribution in [1.29, 1.82) is 0 Å². The fraction of sp³-hybridized carbons (Fsp3) is 0.571. The largest absolute Gasteiger partial charge is 0.314 e. The van der Waals surface area contributed by atoms with Crippen LogP contribution in [0.2, 0.25) is 0 Å². The molecule has 0 bridgehead atoms. The van der Waals surface area contributed by atoms with Crippen LogP contribution in [0.1, 0.15) is 31.9 Å². The van der Waals surface area contributed by atoms with Crippen molar-refractivity contribution >= 4 is 15.9 Å². The second-order valence-corrected chi connectivity index (χ2v) is 5.69. The van der Waals surface area contributed by atoms with Crippen molar-refractivity contribution in [3.63, 3.8) is 0 Å². The van der Waals surface area contributed by atoms with Crippen LogP contribution in [0.25, 0.3) is 0 Å². The summed E-state index contributed by atoms with van der Waals surface area (Å²) in [5.41, 5.74) is 1.41. The van der Waals surface area contributed by atoms with Crippen molar-refractivity contribution in [3.05, 3.63) is 34.3 Å². The molecule has 1 aromatic carbocycles. The van der Waals surface area contributed by atoms with Crippen molar-refractivity contribution in [3.8, 4) is 0 Å². The molecule has 1 aliphatic heterocycles. The van der Waals surface area contributed by atoms with Gasteiger partial charge in [-0.05, 0) is 37.6 Å². The molecule has 1 aliphatic rings. The van der Waals surface area contributed by atoms with Crippen molar-refractivity contribution in [2.45, 2.75) is 32.4 Å². The third-order valence-corrected chi connectivity index (χ3v) is 4.09. The second kappa shape index (κ2) is 5.98. The van der Waals surface area contributed by atoms with Crippen LogP contribution in [0, 0.1) is 0 Å². The minimum Gasteiger partial charge on any atom is -0.314 e. The van der Waals surface area contributed by atoms with Gasteiger partial charge >= 0.3 is 0 Å². The van der Waals surface area contributed by atoms with E-state index in [1.807, 2.05) is 0 Å². The molecule has 94 valence electrons. The molecular formula is C14H21BrN2. The van der Waals surface area contributed by atoms with E-state index in [1.54, 1.807) is 0 Å². The zero-order valence-corrected chi connectivity index (χ0v) is 12.2. The number of halogens is 1. The lowest BCUT2D eigenvalue weighted by Gasteiger charge is -2.42. The van der Waals surface area contributed by atoms with E-state index in [4.69, 9.17) is 0 Å². The van der Waals surface area contributed by atoms with Crippen molar-refractivity contribution in [2.24, 2.45) is 0 Å². The van der Waals surface area contributed by atoms with Crippen LogP contribution >= 0.6 is 15.9 Å². The molecule has 2 rings (SSSR count). The summed E-state index contributed by atoms with van der Waals surface area (Å²) in [5, 5.41) is 3.37. The highest BCUT2D eigenvalue weighted by molar-refractivity contribution is 9.10.